The molecule has 0 heterocycles. The number of hydrogen-bond acceptors (Lipinski definition) is 18. The number of nitrogens with two attached hydrogens (primary N) is 4. The molecule has 0 saturated carbocycles. The van der Waals surface area contributed by atoms with Gasteiger partial charge in [-0.05, 0) is 60.9 Å². The Morgan fingerprint density at radius 1 is 0.808 bits per heavy atom. The maximum atomic E-state index is 10.8. The molecular formula is C26H84ClN4O16S2Si3+. The summed E-state index contributed by atoms with van der Waals surface area (Å²) in [6.07, 6.45) is 2.25. The lowest BCUT2D eigenvalue weighted by Gasteiger charge is -2.26. The number of rotatable bonds is 14. The summed E-state index contributed by atoms with van der Waals surface area (Å²) < 4.78 is 26.4. The van der Waals surface area contributed by atoms with Crippen molar-refractivity contribution in [1.82, 2.24) is 0 Å². The Labute approximate surface area is 333 Å². The van der Waals surface area contributed by atoms with Crippen molar-refractivity contribution in [2.75, 3.05) is 65.6 Å². The van der Waals surface area contributed by atoms with Crippen LogP contribution in [0.5, 0.6) is 0 Å². The number of esters is 1. The Morgan fingerprint density at radius 3 is 1.15 bits per heavy atom. The van der Waals surface area contributed by atoms with Crippen LogP contribution in [0.4, 0.5) is 0 Å². The van der Waals surface area contributed by atoms with Crippen molar-refractivity contribution in [2.24, 2.45) is 20.6 Å². The molecular weight excluding hydrogens is 808 g/mol. The third-order valence-corrected chi connectivity index (χ3v) is 6.97. The molecule has 334 valence electrons. The highest BCUT2D eigenvalue weighted by Gasteiger charge is 2.44. The fourth-order valence-electron chi connectivity index (χ4n) is 1.51. The van der Waals surface area contributed by atoms with Gasteiger partial charge in [-0.25, -0.2) is 4.79 Å². The summed E-state index contributed by atoms with van der Waals surface area (Å²) in [6.45, 7) is 24.1. The molecule has 0 amide bonds. The van der Waals surface area contributed by atoms with Crippen LogP contribution in [0.15, 0.2) is 25.3 Å². The molecule has 0 aromatic carbocycles. The molecule has 0 rings (SSSR count). The van der Waals surface area contributed by atoms with Crippen LogP contribution in [-0.4, -0.2) is 150 Å². The van der Waals surface area contributed by atoms with Crippen molar-refractivity contribution in [2.45, 2.75) is 75.8 Å². The first kappa shape index (κ1) is 93.6. The van der Waals surface area contributed by atoms with E-state index in [-0.39, 0.29) is 74.0 Å². The maximum Gasteiger partial charge on any atom is 0.679 e. The quantitative estimate of drug-likeness (QED) is 0.0147. The topological polar surface area (TPSA) is 392 Å². The lowest BCUT2D eigenvalue weighted by atomic mass is 10.4. The highest BCUT2D eigenvalue weighted by molar-refractivity contribution is 7.92. The second-order valence-electron chi connectivity index (χ2n) is 6.74. The molecule has 0 aliphatic rings. The smallest absolute Gasteiger partial charge is 0.679 e. The minimum Gasteiger partial charge on any atom is -1.00 e. The van der Waals surface area contributed by atoms with Gasteiger partial charge in [-0.15, -0.1) is 33.7 Å². The summed E-state index contributed by atoms with van der Waals surface area (Å²) in [6, 6.07) is 0.351. The van der Waals surface area contributed by atoms with Gasteiger partial charge < -0.3 is 85.4 Å². The van der Waals surface area contributed by atoms with E-state index < -0.39 is 41.1 Å². The Morgan fingerprint density at radius 2 is 1.02 bits per heavy atom. The second-order valence-corrected chi connectivity index (χ2v) is 13.4. The molecule has 0 aromatic rings. The molecule has 0 aromatic heterocycles. The molecule has 52 heavy (non-hydrogen) atoms. The predicted octanol–water partition coefficient (Wildman–Crippen LogP) is -6.44. The van der Waals surface area contributed by atoms with E-state index in [1.807, 2.05) is 34.6 Å². The Hall–Kier alpha value is -0.129. The molecule has 0 radical (unpaired) electrons. The summed E-state index contributed by atoms with van der Waals surface area (Å²) in [4.78, 5) is 42.4. The number of halogens is 1. The van der Waals surface area contributed by atoms with Crippen LogP contribution in [0.25, 0.3) is 0 Å². The molecule has 20 N–H and O–H groups in total. The average Bonchev–Trinajstić information content (AvgIpc) is 2.99. The van der Waals surface area contributed by atoms with Crippen LogP contribution in [0.1, 0.15) is 69.7 Å². The van der Waals surface area contributed by atoms with E-state index in [4.69, 9.17) is 82.6 Å². The summed E-state index contributed by atoms with van der Waals surface area (Å²) in [7, 11) is -5.85. The van der Waals surface area contributed by atoms with E-state index in [0.29, 0.717) is 44.5 Å². The fourth-order valence-corrected chi connectivity index (χ4v) is 3.96. The minimum absolute atomic E-state index is 0. The zero-order valence-corrected chi connectivity index (χ0v) is 37.5. The van der Waals surface area contributed by atoms with Crippen molar-refractivity contribution in [1.29, 1.82) is 0 Å². The van der Waals surface area contributed by atoms with Gasteiger partial charge >= 0.3 is 24.3 Å². The number of aliphatic hydroxyl groups is 4. The van der Waals surface area contributed by atoms with Gasteiger partial charge in [0.15, 0.2) is 22.5 Å². The monoisotopic (exact) mass is 891 g/mol. The van der Waals surface area contributed by atoms with Crippen molar-refractivity contribution < 1.29 is 90.2 Å². The van der Waals surface area contributed by atoms with Crippen molar-refractivity contribution >= 4 is 56.8 Å². The highest BCUT2D eigenvalue weighted by atomic mass is 35.5. The summed E-state index contributed by atoms with van der Waals surface area (Å²) >= 11 is -0.684. The van der Waals surface area contributed by atoms with E-state index in [1.165, 1.54) is 0 Å². The molecule has 20 nitrogen and oxygen atoms in total. The van der Waals surface area contributed by atoms with E-state index in [9.17, 15) is 4.79 Å². The van der Waals surface area contributed by atoms with Crippen LogP contribution in [0.2, 0.25) is 6.04 Å². The third kappa shape index (κ3) is 143. The molecule has 0 aliphatic heterocycles. The fraction of sp³-hybridized carbons (Fsp3) is 0.808. The molecule has 0 bridgehead atoms. The Kier molecular flexibility index (Phi) is 168. The van der Waals surface area contributed by atoms with Crippen molar-refractivity contribution in [3.05, 3.63) is 25.3 Å². The van der Waals surface area contributed by atoms with Crippen LogP contribution in [-0.2, 0) is 49.8 Å². The van der Waals surface area contributed by atoms with Gasteiger partial charge in [-0.1, -0.05) is 21.4 Å². The largest absolute Gasteiger partial charge is 1.00 e. The maximum absolute atomic E-state index is 10.8. The number of carbonyl (C=O) groups excluding carboxylic acids is 1. The predicted molar refractivity (Wildman–Crippen MR) is 222 cm³/mol. The highest BCUT2D eigenvalue weighted by Crippen LogP contribution is 2.11. The van der Waals surface area contributed by atoms with E-state index in [0.717, 1.165) is 12.9 Å². The van der Waals surface area contributed by atoms with Crippen LogP contribution < -0.4 is 33.0 Å². The van der Waals surface area contributed by atoms with Gasteiger partial charge in [0.05, 0.1) is 6.61 Å². The molecule has 0 saturated heterocycles. The summed E-state index contributed by atoms with van der Waals surface area (Å²) in [5.41, 5.74) is 0.358. The van der Waals surface area contributed by atoms with Gasteiger partial charge in [0.25, 0.3) is 10.0 Å². The first-order valence-corrected chi connectivity index (χ1v) is 22.1. The van der Waals surface area contributed by atoms with E-state index >= 15 is 0 Å². The Balaban J connectivity index is -0.0000000283. The molecule has 0 unspecified atom stereocenters. The van der Waals surface area contributed by atoms with E-state index in [1.54, 1.807) is 20.1 Å². The van der Waals surface area contributed by atoms with Crippen molar-refractivity contribution in [3.63, 3.8) is 0 Å². The molecule has 0 aliphatic carbocycles. The normalized spacial score (nSPS) is 8.15. The number of hydrogen-bond donors (Lipinski definition) is 12. The lowest BCUT2D eigenvalue weighted by molar-refractivity contribution is -0.138. The second kappa shape index (κ2) is 93.1. The van der Waals surface area contributed by atoms with Crippen LogP contribution >= 0.6 is 0 Å². The van der Waals surface area contributed by atoms with Crippen molar-refractivity contribution in [3.8, 4) is 0 Å². The van der Waals surface area contributed by atoms with E-state index in [2.05, 4.69) is 19.7 Å². The lowest BCUT2D eigenvalue weighted by Crippen LogP contribution is -3.00. The van der Waals surface area contributed by atoms with Crippen LogP contribution in [0, 0.1) is 0 Å². The molecule has 0 atom stereocenters. The first-order chi connectivity index (χ1) is 22.0. The van der Waals surface area contributed by atoms with Gasteiger partial charge in [-0.2, -0.15) is 0 Å². The number of carbonyl (C=O) groups is 1. The minimum atomic E-state index is -2.80. The van der Waals surface area contributed by atoms with Gasteiger partial charge in [0.1, 0.15) is 18.8 Å². The Bertz CT molecular complexity index is 523. The first-order valence-electron chi connectivity index (χ1n) is 14.1. The van der Waals surface area contributed by atoms with Gasteiger partial charge in [0, 0.05) is 45.7 Å². The molecule has 0 fully saturated rings. The zero-order valence-electron chi connectivity index (χ0n) is 31.5. The van der Waals surface area contributed by atoms with Gasteiger partial charge in [-0.3, -0.25) is 0 Å². The van der Waals surface area contributed by atoms with Crippen LogP contribution in [0.3, 0.4) is 0 Å². The number of ether oxygens (including phenoxy) is 1. The standard InChI is InChI=1S/C8H20O4Si.C7H14O4Si.C2H8N2S.C2H6O.C2H4.CH6N2S.CH4O2.CH4O.2CH4.ClH.H4O2Si.2H2O/c1-5-9-13(10-6-2,11-7-3)12-8-4;1-6(2)7(8)11-4-3-5-12(9)10;1-2-5(3)4;1-2-3;1-2;1-4(2)3;2-1-3;1-2;;;;1-3-2;;/h5-8H2,1-4H3;9-10,12H,1,3-5H2,2H3;2H2,1H3,(H3,3,4);3H,2H2,1H3;1-2H2;1H3,(H3,2,3);2-3H,1H2;2H,1H3;2*1H4;1H;1-2H,3H2;2*1H2/p+1. The average molecular weight is 893 g/mol. The number of aliphatic hydroxyl groups excluding tert-OH is 3. The SMILES string of the molecule is C.C.C=C.C=C(C)C(=O)OCCC[SiH](O)O.CCO.CCO[Si](OCC)(OCC)OCC.CC[S+](N)N.CO.C[S+](N)N.O.O.OCO.O[SiH2]O.[Cl-]. The molecule has 26 heteroatoms. The summed E-state index contributed by atoms with van der Waals surface area (Å²) in [5.74, 6) is 0.462. The summed E-state index contributed by atoms with van der Waals surface area (Å²) in [5, 5.41) is 48.8. The molecule has 0 spiro atoms. The zero-order chi connectivity index (χ0) is 39.7. The third-order valence-electron chi connectivity index (χ3n) is 2.81. The van der Waals surface area contributed by atoms with Gasteiger partial charge in [0.2, 0.25) is 0 Å².